The molecule has 0 aliphatic carbocycles. The van der Waals surface area contributed by atoms with Gasteiger partial charge < -0.3 is 15.0 Å². The van der Waals surface area contributed by atoms with Gasteiger partial charge in [0.25, 0.3) is 0 Å². The van der Waals surface area contributed by atoms with Gasteiger partial charge in [-0.25, -0.2) is 18.4 Å². The minimum Gasteiger partial charge on any atom is -0.382 e. The van der Waals surface area contributed by atoms with Gasteiger partial charge in [0.15, 0.2) is 5.82 Å². The van der Waals surface area contributed by atoms with Crippen LogP contribution in [0.2, 0.25) is 25.7 Å². The van der Waals surface area contributed by atoms with Crippen LogP contribution in [-0.2, 0) is 27.0 Å². The minimum atomic E-state index is -3.35. The van der Waals surface area contributed by atoms with Crippen molar-refractivity contribution in [1.29, 1.82) is 5.26 Å². The molecule has 36 heavy (non-hydrogen) atoms. The molecule has 13 heteroatoms. The molecule has 3 aromatic rings. The number of hydrogen-bond donors (Lipinski definition) is 1. The summed E-state index contributed by atoms with van der Waals surface area (Å²) in [5.41, 5.74) is 7.53. The summed E-state index contributed by atoms with van der Waals surface area (Å²) in [4.78, 5) is 8.93. The second kappa shape index (κ2) is 9.93. The molecular weight excluding hydrogens is 496 g/mol. The molecule has 0 amide bonds. The number of sulfonamides is 1. The third-order valence-electron chi connectivity index (χ3n) is 6.47. The molecule has 1 fully saturated rings. The van der Waals surface area contributed by atoms with Crippen molar-refractivity contribution in [1.82, 2.24) is 28.6 Å². The van der Waals surface area contributed by atoms with E-state index >= 15 is 0 Å². The van der Waals surface area contributed by atoms with Crippen LogP contribution in [-0.4, -0.2) is 70.6 Å². The van der Waals surface area contributed by atoms with E-state index in [1.807, 2.05) is 23.8 Å². The second-order valence-corrected chi connectivity index (χ2v) is 18.3. The Labute approximate surface area is 212 Å². The van der Waals surface area contributed by atoms with Crippen molar-refractivity contribution in [2.45, 2.75) is 57.7 Å². The Morgan fingerprint density at radius 1 is 1.28 bits per heavy atom. The molecule has 194 valence electrons. The van der Waals surface area contributed by atoms with E-state index in [0.717, 1.165) is 17.1 Å². The monoisotopic (exact) mass is 530 g/mol. The van der Waals surface area contributed by atoms with Crippen molar-refractivity contribution in [2.24, 2.45) is 0 Å². The summed E-state index contributed by atoms with van der Waals surface area (Å²) in [6.07, 6.45) is 5.82. The number of ether oxygens (including phenoxy) is 1. The first-order valence-corrected chi connectivity index (χ1v) is 17.4. The molecule has 3 aromatic heterocycles. The first-order valence-electron chi connectivity index (χ1n) is 12.1. The van der Waals surface area contributed by atoms with E-state index in [2.05, 4.69) is 40.8 Å². The third-order valence-corrected chi connectivity index (χ3v) is 10.1. The minimum absolute atomic E-state index is 0.0832. The van der Waals surface area contributed by atoms with Crippen LogP contribution in [0, 0.1) is 11.3 Å². The summed E-state index contributed by atoms with van der Waals surface area (Å²) in [6, 6.07) is 5.20. The van der Waals surface area contributed by atoms with E-state index < -0.39 is 23.6 Å². The Kier molecular flexibility index (Phi) is 7.25. The molecule has 11 nitrogen and oxygen atoms in total. The van der Waals surface area contributed by atoms with Crippen LogP contribution in [0.25, 0.3) is 22.3 Å². The fourth-order valence-corrected chi connectivity index (χ4v) is 6.76. The third kappa shape index (κ3) is 5.17. The van der Waals surface area contributed by atoms with Crippen LogP contribution in [0.1, 0.15) is 19.8 Å². The molecular formula is C23H34N8O3SSi. The first-order chi connectivity index (χ1) is 17.0. The zero-order valence-electron chi connectivity index (χ0n) is 21.3. The fourth-order valence-electron chi connectivity index (χ4n) is 4.36. The number of aromatic nitrogens is 5. The van der Waals surface area contributed by atoms with Crippen LogP contribution in [0.15, 0.2) is 24.8 Å². The highest BCUT2D eigenvalue weighted by Crippen LogP contribution is 2.38. The summed E-state index contributed by atoms with van der Waals surface area (Å²) >= 11 is 0. The zero-order chi connectivity index (χ0) is 26.1. The number of fused-ring (bicyclic) bond motifs is 1. The standard InChI is InChI=1S/C23H34N8O3SSi/c1-5-11-35(32,33)30-14-23(15-30,7-8-24)31-13-19(21(25)28-31)20-18-6-9-29(22(18)27-16-26-20)17-34-10-12-36(2,3)4/h6,9,13,16H,5,7,10-12,14-15,17H2,1-4H3,(H2,25,28). The number of anilines is 1. The number of nitrogen functional groups attached to an aromatic ring is 1. The van der Waals surface area contributed by atoms with Gasteiger partial charge in [-0.15, -0.1) is 0 Å². The molecule has 1 saturated heterocycles. The van der Waals surface area contributed by atoms with Crippen molar-refractivity contribution in [3.05, 3.63) is 24.8 Å². The predicted molar refractivity (Wildman–Crippen MR) is 141 cm³/mol. The van der Waals surface area contributed by atoms with E-state index in [9.17, 15) is 13.7 Å². The van der Waals surface area contributed by atoms with Gasteiger partial charge in [-0.3, -0.25) is 4.68 Å². The second-order valence-electron chi connectivity index (χ2n) is 10.6. The summed E-state index contributed by atoms with van der Waals surface area (Å²) in [5, 5.41) is 14.8. The Morgan fingerprint density at radius 2 is 2.03 bits per heavy atom. The van der Waals surface area contributed by atoms with Crippen LogP contribution in [0.4, 0.5) is 5.82 Å². The molecule has 0 radical (unpaired) electrons. The molecule has 2 N–H and O–H groups in total. The number of nitrogens with zero attached hydrogens (tertiary/aromatic N) is 7. The van der Waals surface area contributed by atoms with Crippen LogP contribution >= 0.6 is 0 Å². The number of hydrogen-bond acceptors (Lipinski definition) is 8. The van der Waals surface area contributed by atoms with Crippen molar-refractivity contribution in [3.63, 3.8) is 0 Å². The Morgan fingerprint density at radius 3 is 2.69 bits per heavy atom. The number of rotatable bonds is 11. The summed E-state index contributed by atoms with van der Waals surface area (Å²) in [7, 11) is -4.52. The maximum absolute atomic E-state index is 12.5. The van der Waals surface area contributed by atoms with Gasteiger partial charge in [0.05, 0.1) is 29.5 Å². The number of nitrogens with two attached hydrogens (primary N) is 1. The maximum atomic E-state index is 12.5. The van der Waals surface area contributed by atoms with E-state index in [1.165, 1.54) is 10.6 Å². The van der Waals surface area contributed by atoms with Gasteiger partial charge in [-0.2, -0.15) is 14.7 Å². The SMILES string of the molecule is CCCS(=O)(=O)N1CC(CC#N)(n2cc(-c3ncnc4c3ccn4COCC[Si](C)(C)C)c(N)n2)C1. The maximum Gasteiger partial charge on any atom is 0.214 e. The van der Waals surface area contributed by atoms with E-state index in [0.29, 0.717) is 31.0 Å². The average molecular weight is 531 g/mol. The average Bonchev–Trinajstić information content (AvgIpc) is 3.36. The highest BCUT2D eigenvalue weighted by atomic mass is 32.2. The molecule has 0 bridgehead atoms. The lowest BCUT2D eigenvalue weighted by atomic mass is 9.89. The zero-order valence-corrected chi connectivity index (χ0v) is 23.1. The Bertz CT molecular complexity index is 1380. The highest BCUT2D eigenvalue weighted by molar-refractivity contribution is 7.89. The van der Waals surface area contributed by atoms with Crippen molar-refractivity contribution < 1.29 is 13.2 Å². The van der Waals surface area contributed by atoms with Gasteiger partial charge in [-0.1, -0.05) is 26.6 Å². The molecule has 0 atom stereocenters. The predicted octanol–water partition coefficient (Wildman–Crippen LogP) is 2.85. The van der Waals surface area contributed by atoms with E-state index in [1.54, 1.807) is 10.9 Å². The highest BCUT2D eigenvalue weighted by Gasteiger charge is 2.50. The van der Waals surface area contributed by atoms with Crippen LogP contribution in [0.5, 0.6) is 0 Å². The molecule has 0 spiro atoms. The molecule has 0 unspecified atom stereocenters. The fraction of sp³-hybridized carbons (Fsp3) is 0.565. The van der Waals surface area contributed by atoms with E-state index in [4.69, 9.17) is 10.5 Å². The van der Waals surface area contributed by atoms with Gasteiger partial charge >= 0.3 is 0 Å². The Hall–Kier alpha value is -2.79. The topological polar surface area (TPSA) is 145 Å². The van der Waals surface area contributed by atoms with Crippen molar-refractivity contribution in [3.8, 4) is 17.3 Å². The summed E-state index contributed by atoms with van der Waals surface area (Å²) in [6.45, 7) is 10.3. The van der Waals surface area contributed by atoms with Crippen LogP contribution in [0.3, 0.4) is 0 Å². The number of nitriles is 1. The van der Waals surface area contributed by atoms with E-state index in [-0.39, 0.29) is 31.1 Å². The van der Waals surface area contributed by atoms with Crippen molar-refractivity contribution in [2.75, 3.05) is 31.2 Å². The molecule has 1 aliphatic heterocycles. The Balaban J connectivity index is 1.59. The largest absolute Gasteiger partial charge is 0.382 e. The molecule has 4 rings (SSSR count). The summed E-state index contributed by atoms with van der Waals surface area (Å²) < 4.78 is 35.9. The van der Waals surface area contributed by atoms with Crippen molar-refractivity contribution >= 4 is 34.9 Å². The van der Waals surface area contributed by atoms with Gasteiger partial charge in [0, 0.05) is 45.6 Å². The smallest absolute Gasteiger partial charge is 0.214 e. The quantitative estimate of drug-likeness (QED) is 0.294. The normalized spacial score (nSPS) is 16.2. The van der Waals surface area contributed by atoms with Crippen LogP contribution < -0.4 is 5.73 Å². The van der Waals surface area contributed by atoms with Gasteiger partial charge in [-0.05, 0) is 18.5 Å². The summed E-state index contributed by atoms with van der Waals surface area (Å²) in [5.74, 6) is 0.348. The molecule has 1 aliphatic rings. The lowest BCUT2D eigenvalue weighted by Crippen LogP contribution is -2.64. The van der Waals surface area contributed by atoms with Gasteiger partial charge in [0.1, 0.15) is 24.2 Å². The first kappa shape index (κ1) is 26.3. The molecule has 0 aromatic carbocycles. The molecule has 4 heterocycles. The molecule has 0 saturated carbocycles. The lowest BCUT2D eigenvalue weighted by Gasteiger charge is -2.47. The lowest BCUT2D eigenvalue weighted by molar-refractivity contribution is 0.0721. The van der Waals surface area contributed by atoms with Gasteiger partial charge in [0.2, 0.25) is 10.0 Å².